The van der Waals surface area contributed by atoms with Crippen LogP contribution in [0.25, 0.3) is 0 Å². The molecule has 1 amide bonds. The Labute approximate surface area is 143 Å². The van der Waals surface area contributed by atoms with Crippen LogP contribution in [0.3, 0.4) is 0 Å². The highest BCUT2D eigenvalue weighted by Gasteiger charge is 2.29. The van der Waals surface area contributed by atoms with E-state index in [1.54, 1.807) is 12.1 Å². The van der Waals surface area contributed by atoms with E-state index in [2.05, 4.69) is 5.32 Å². The highest BCUT2D eigenvalue weighted by molar-refractivity contribution is 7.85. The van der Waals surface area contributed by atoms with Crippen LogP contribution in [0.2, 0.25) is 0 Å². The van der Waals surface area contributed by atoms with Gasteiger partial charge in [0.25, 0.3) is 0 Å². The van der Waals surface area contributed by atoms with Crippen LogP contribution < -0.4 is 10.2 Å². The topological polar surface area (TPSA) is 73.2 Å². The summed E-state index contributed by atoms with van der Waals surface area (Å²) in [6, 6.07) is 6.44. The lowest BCUT2D eigenvalue weighted by Crippen LogP contribution is -2.44. The monoisotopic (exact) mass is 349 g/mol. The normalized spacial score (nSPS) is 24.6. The number of nitriles is 1. The summed E-state index contributed by atoms with van der Waals surface area (Å²) in [6.07, 6.45) is 2.12. The first kappa shape index (κ1) is 16.9. The molecule has 3 rings (SSSR count). The molecule has 2 heterocycles. The van der Waals surface area contributed by atoms with Gasteiger partial charge in [0.1, 0.15) is 5.82 Å². The minimum atomic E-state index is -0.798. The Morgan fingerprint density at radius 1 is 1.33 bits per heavy atom. The average molecular weight is 349 g/mol. The van der Waals surface area contributed by atoms with E-state index in [0.717, 1.165) is 6.42 Å². The van der Waals surface area contributed by atoms with Crippen molar-refractivity contribution in [1.29, 1.82) is 5.26 Å². The van der Waals surface area contributed by atoms with Crippen molar-refractivity contribution in [2.24, 2.45) is 5.92 Å². The smallest absolute Gasteiger partial charge is 0.223 e. The van der Waals surface area contributed by atoms with Crippen LogP contribution in [0.4, 0.5) is 10.1 Å². The van der Waals surface area contributed by atoms with Crippen LogP contribution in [0.1, 0.15) is 24.8 Å². The lowest BCUT2D eigenvalue weighted by atomic mass is 9.95. The van der Waals surface area contributed by atoms with Crippen LogP contribution in [0.5, 0.6) is 0 Å². The van der Waals surface area contributed by atoms with E-state index in [-0.39, 0.29) is 17.9 Å². The summed E-state index contributed by atoms with van der Waals surface area (Å²) < 4.78 is 25.5. The molecule has 2 unspecified atom stereocenters. The molecule has 24 heavy (non-hydrogen) atoms. The third-order valence-electron chi connectivity index (χ3n) is 4.71. The van der Waals surface area contributed by atoms with E-state index >= 15 is 0 Å². The number of rotatable bonds is 3. The summed E-state index contributed by atoms with van der Waals surface area (Å²) in [6.45, 7) is 1.22. The molecule has 0 aromatic heterocycles. The molecule has 2 atom stereocenters. The molecule has 1 N–H and O–H groups in total. The van der Waals surface area contributed by atoms with Crippen molar-refractivity contribution in [3.05, 3.63) is 29.6 Å². The molecule has 0 spiro atoms. The molecule has 2 fully saturated rings. The standard InChI is InChI=1S/C17H20FN3O2S/c18-15-9-12(10-19)1-2-16(15)21-6-3-13(4-7-21)17(22)20-14-5-8-24(23)11-14/h1-2,9,13-14H,3-8,11H2,(H,20,22). The number of carbonyl (C=O) groups is 1. The van der Waals surface area contributed by atoms with Gasteiger partial charge in [-0.3, -0.25) is 9.00 Å². The van der Waals surface area contributed by atoms with E-state index in [4.69, 9.17) is 5.26 Å². The fraction of sp³-hybridized carbons (Fsp3) is 0.529. The van der Waals surface area contributed by atoms with E-state index in [1.165, 1.54) is 6.07 Å². The van der Waals surface area contributed by atoms with Gasteiger partial charge in [0.05, 0.1) is 17.3 Å². The minimum absolute atomic E-state index is 0.0267. The fourth-order valence-electron chi connectivity index (χ4n) is 3.31. The first-order valence-corrected chi connectivity index (χ1v) is 9.65. The van der Waals surface area contributed by atoms with E-state index in [9.17, 15) is 13.4 Å². The number of carbonyl (C=O) groups excluding carboxylic acids is 1. The van der Waals surface area contributed by atoms with E-state index in [0.29, 0.717) is 48.7 Å². The Morgan fingerprint density at radius 2 is 2.08 bits per heavy atom. The lowest BCUT2D eigenvalue weighted by Gasteiger charge is -2.33. The Hall–Kier alpha value is -1.94. The van der Waals surface area contributed by atoms with Gasteiger partial charge in [-0.1, -0.05) is 0 Å². The molecule has 0 radical (unpaired) electrons. The molecule has 2 aliphatic rings. The van der Waals surface area contributed by atoms with Crippen molar-refractivity contribution >= 4 is 22.4 Å². The van der Waals surface area contributed by atoms with Gasteiger partial charge < -0.3 is 10.2 Å². The molecule has 1 aromatic rings. The number of halogens is 1. The Kier molecular flexibility index (Phi) is 5.14. The number of piperidine rings is 1. The molecule has 7 heteroatoms. The summed E-state index contributed by atoms with van der Waals surface area (Å²) in [5.74, 6) is 0.781. The number of nitrogens with zero attached hydrogens (tertiary/aromatic N) is 2. The minimum Gasteiger partial charge on any atom is -0.369 e. The largest absolute Gasteiger partial charge is 0.369 e. The molecule has 2 aliphatic heterocycles. The van der Waals surface area contributed by atoms with Gasteiger partial charge in [0, 0.05) is 47.4 Å². The highest BCUT2D eigenvalue weighted by atomic mass is 32.2. The fourth-order valence-corrected chi connectivity index (χ4v) is 4.73. The first-order chi connectivity index (χ1) is 11.6. The summed E-state index contributed by atoms with van der Waals surface area (Å²) in [5.41, 5.74) is 0.790. The van der Waals surface area contributed by atoms with Gasteiger partial charge in [0.2, 0.25) is 5.91 Å². The quantitative estimate of drug-likeness (QED) is 0.899. The summed E-state index contributed by atoms with van der Waals surface area (Å²) >= 11 is 0. The third-order valence-corrected chi connectivity index (χ3v) is 6.18. The van der Waals surface area contributed by atoms with Crippen LogP contribution in [0.15, 0.2) is 18.2 Å². The number of hydrogen-bond acceptors (Lipinski definition) is 4. The van der Waals surface area contributed by atoms with Crippen LogP contribution >= 0.6 is 0 Å². The van der Waals surface area contributed by atoms with E-state index < -0.39 is 16.6 Å². The zero-order valence-electron chi connectivity index (χ0n) is 13.3. The predicted molar refractivity (Wildman–Crippen MR) is 90.5 cm³/mol. The van der Waals surface area contributed by atoms with Gasteiger partial charge in [-0.15, -0.1) is 0 Å². The SMILES string of the molecule is N#Cc1ccc(N2CCC(C(=O)NC3CCS(=O)C3)CC2)c(F)c1. The molecule has 0 saturated carbocycles. The summed E-state index contributed by atoms with van der Waals surface area (Å²) in [4.78, 5) is 14.2. The molecule has 0 aliphatic carbocycles. The number of anilines is 1. The van der Waals surface area contributed by atoms with Gasteiger partial charge >= 0.3 is 0 Å². The maximum atomic E-state index is 14.1. The molecule has 1 aromatic carbocycles. The number of benzene rings is 1. The molecule has 0 bridgehead atoms. The van der Waals surface area contributed by atoms with Crippen LogP contribution in [0, 0.1) is 23.1 Å². The van der Waals surface area contributed by atoms with Crippen molar-refractivity contribution in [3.8, 4) is 6.07 Å². The maximum Gasteiger partial charge on any atom is 0.223 e. The molecule has 128 valence electrons. The van der Waals surface area contributed by atoms with Gasteiger partial charge in [-0.2, -0.15) is 5.26 Å². The van der Waals surface area contributed by atoms with Crippen LogP contribution in [-0.2, 0) is 15.6 Å². The number of amides is 1. The Balaban J connectivity index is 1.55. The molecular weight excluding hydrogens is 329 g/mol. The predicted octanol–water partition coefficient (Wildman–Crippen LogP) is 1.55. The van der Waals surface area contributed by atoms with Crippen molar-refractivity contribution in [1.82, 2.24) is 5.32 Å². The van der Waals surface area contributed by atoms with Crippen molar-refractivity contribution in [3.63, 3.8) is 0 Å². The number of hydrogen-bond donors (Lipinski definition) is 1. The average Bonchev–Trinajstić information content (AvgIpc) is 2.99. The second-order valence-corrected chi connectivity index (χ2v) is 7.97. The van der Waals surface area contributed by atoms with Crippen LogP contribution in [-0.4, -0.2) is 40.8 Å². The van der Waals surface area contributed by atoms with Gasteiger partial charge in [-0.25, -0.2) is 4.39 Å². The Morgan fingerprint density at radius 3 is 2.67 bits per heavy atom. The molecule has 2 saturated heterocycles. The first-order valence-electron chi connectivity index (χ1n) is 8.17. The Bertz CT molecular complexity index is 696. The summed E-state index contributed by atoms with van der Waals surface area (Å²) in [5, 5.41) is 11.8. The van der Waals surface area contributed by atoms with Gasteiger partial charge in [-0.05, 0) is 37.5 Å². The second kappa shape index (κ2) is 7.31. The van der Waals surface area contributed by atoms with Crippen molar-refractivity contribution in [2.45, 2.75) is 25.3 Å². The van der Waals surface area contributed by atoms with Crippen molar-refractivity contribution in [2.75, 3.05) is 29.5 Å². The van der Waals surface area contributed by atoms with Crippen molar-refractivity contribution < 1.29 is 13.4 Å². The van der Waals surface area contributed by atoms with E-state index in [1.807, 2.05) is 11.0 Å². The highest BCUT2D eigenvalue weighted by Crippen LogP contribution is 2.26. The summed E-state index contributed by atoms with van der Waals surface area (Å²) in [7, 11) is -0.798. The zero-order chi connectivity index (χ0) is 17.1. The molecular formula is C17H20FN3O2S. The zero-order valence-corrected chi connectivity index (χ0v) is 14.2. The second-order valence-electron chi connectivity index (χ2n) is 6.34. The lowest BCUT2D eigenvalue weighted by molar-refractivity contribution is -0.126. The number of nitrogens with one attached hydrogen (secondary N) is 1. The maximum absolute atomic E-state index is 14.1. The molecule has 5 nitrogen and oxygen atoms in total. The van der Waals surface area contributed by atoms with Gasteiger partial charge in [0.15, 0.2) is 0 Å². The third kappa shape index (κ3) is 3.75.